The Labute approximate surface area is 920 Å². The van der Waals surface area contributed by atoms with Gasteiger partial charge in [-0.15, -0.1) is 0 Å². The van der Waals surface area contributed by atoms with E-state index in [9.17, 15) is 76.1 Å². The van der Waals surface area contributed by atoms with Gasteiger partial charge < -0.3 is 73.8 Å². The molecule has 0 aliphatic carbocycles. The van der Waals surface area contributed by atoms with Crippen LogP contribution in [-0.2, 0) is 145 Å². The van der Waals surface area contributed by atoms with Crippen molar-refractivity contribution < 1.29 is 170 Å². The van der Waals surface area contributed by atoms with Crippen molar-refractivity contribution in [2.24, 2.45) is 17.8 Å². The zero-order chi connectivity index (χ0) is 105. The second-order valence-electron chi connectivity index (χ2n) is 30.8. The monoisotopic (exact) mass is 3520 g/mol. The number of nitrogens with zero attached hydrogens (tertiary/aromatic N) is 22. The number of hydrogen-bond acceptors (Lipinski definition) is 44. The number of ether oxygens (including phenoxy) is 3. The summed E-state index contributed by atoms with van der Waals surface area (Å²) in [5, 5.41) is 13.6. The van der Waals surface area contributed by atoms with Crippen LogP contribution in [0.3, 0.4) is 0 Å². The van der Waals surface area contributed by atoms with Crippen LogP contribution in [0.25, 0.3) is 71.8 Å². The number of carbonyl (C=O) groups is 1. The number of aryl methyl sites for hydroxylation is 3. The average Bonchev–Trinajstić information content (AvgIpc) is 1.69. The third kappa shape index (κ3) is 31.4. The van der Waals surface area contributed by atoms with Crippen molar-refractivity contribution in [3.8, 4) is 0 Å². The number of aromatic amines is 3. The zero-order valence-electron chi connectivity index (χ0n) is 75.7. The van der Waals surface area contributed by atoms with Crippen LogP contribution in [0.2, 0.25) is 0 Å². The number of alkyl halides is 1. The predicted octanol–water partition coefficient (Wildman–Crippen LogP) is 5.92. The molecule has 6 aliphatic rings. The summed E-state index contributed by atoms with van der Waals surface area (Å²) in [6, 6.07) is 0. The van der Waals surface area contributed by atoms with Crippen molar-refractivity contribution in [1.29, 1.82) is 0.594 Å². The molecule has 1 amide bonds. The molecule has 6 unspecified atom stereocenters. The third-order valence-corrected chi connectivity index (χ3v) is 390. The van der Waals surface area contributed by atoms with Crippen LogP contribution in [-0.4, -0.2) is 254 Å². The Bertz CT molecular complexity index is 6940. The molecule has 0 saturated carbocycles. The van der Waals surface area contributed by atoms with Crippen LogP contribution >= 0.6 is 190 Å². The van der Waals surface area contributed by atoms with E-state index in [-0.39, 0.29) is 182 Å². The van der Waals surface area contributed by atoms with Gasteiger partial charge in [0.25, 0.3) is 16.7 Å². The molecular weight excluding hydrogens is 3430 g/mol. The minimum atomic E-state index is -4.95. The number of anilines is 3. The van der Waals surface area contributed by atoms with Crippen LogP contribution in [0, 0.1) is 24.3 Å². The number of nitrogen functional groups attached to an aromatic ring is 2. The summed E-state index contributed by atoms with van der Waals surface area (Å²) in [7, 11) is -29.5. The summed E-state index contributed by atoms with van der Waals surface area (Å²) in [4.78, 5) is 178. The minimum Gasteiger partial charge on any atom is -0.349 e. The number of nitrogens with two attached hydrogens (primary N) is 2. The molecule has 146 heavy (non-hydrogen) atoms. The average molecular weight is 3520 g/mol. The van der Waals surface area contributed by atoms with Gasteiger partial charge in [0.2, 0.25) is 30.3 Å². The fourth-order valence-corrected chi connectivity index (χ4v) is 103. The Balaban J connectivity index is 0.000000173. The SMILES string of the molecule is C.C[C@H]1[C@H]2OP(=O)(O)OCc3nc4cncnc4n3CCCOP(=O)(O)OC[C@H]1O[C@H]2n1cnc2c(=O)[nH]c(N)nc21.C[I-]I(I)I(I)I.Nc1nc2c(ncn2[C@@H]2O[C@@H]3COP(=O)(O)OCCCn4c(nc5cncnc54)COP(=O)(O)O[C@@H]2[C@@H]3O)c(=O)[nH]1.[2H][I-]I(I)I(I)I.[C-]#[N+]CCOP1(=O)OCCCn2c(nc3cncnc32)COP(=O)(O)O[C@@H]2[C@H](C)[C@@H](CO1)O[C@H]2n1cnc2c(=O)[nH]c(NC(=O)C(C)C)nc21. The number of nitrogens with one attached hydrogen (secondary N) is 4. The Kier molecular flexibility index (Phi) is 44.3. The van der Waals surface area contributed by atoms with Crippen molar-refractivity contribution in [3.63, 3.8) is 0 Å². The number of phosphoric ester groups is 6. The number of aliphatic hydroxyl groups is 1. The van der Waals surface area contributed by atoms with E-state index in [1.165, 1.54) is 59.4 Å². The second kappa shape index (κ2) is 53.9. The molecule has 78 heteroatoms. The van der Waals surface area contributed by atoms with Crippen molar-refractivity contribution in [2.75, 3.05) is 74.5 Å². The number of halogens is 12. The van der Waals surface area contributed by atoms with Gasteiger partial charge >= 0.3 is 231 Å². The van der Waals surface area contributed by atoms with Gasteiger partial charge in [-0.1, -0.05) is 35.1 Å². The first-order valence-corrected chi connectivity index (χ1v) is 116. The first-order chi connectivity index (χ1) is 69.3. The number of amides is 1. The smallest absolute Gasteiger partial charge is 0.349 e. The number of aromatic nitrogens is 24. The van der Waals surface area contributed by atoms with E-state index < -0.39 is 204 Å². The van der Waals surface area contributed by atoms with Crippen LogP contribution in [0.4, 0.5) is 17.8 Å². The molecule has 14 N–H and O–H groups in total. The van der Waals surface area contributed by atoms with Crippen molar-refractivity contribution in [2.45, 2.75) is 155 Å². The van der Waals surface area contributed by atoms with Gasteiger partial charge in [0, 0.05) is 37.4 Å². The van der Waals surface area contributed by atoms with Crippen molar-refractivity contribution in [3.05, 3.63) is 117 Å². The molecule has 3 fully saturated rings. The molecule has 18 heterocycles. The fourth-order valence-electron chi connectivity index (χ4n) is 14.6. The van der Waals surface area contributed by atoms with Crippen LogP contribution in [0.5, 0.6) is 0 Å². The largest absolute Gasteiger partial charge is 0.475 e. The molecule has 12 aromatic rings. The Morgan fingerprint density at radius 3 is 1.32 bits per heavy atom. The molecule has 0 radical (unpaired) electrons. The normalized spacial score (nSPS) is 28.9. The van der Waals surface area contributed by atoms with E-state index >= 15 is 0 Å². The van der Waals surface area contributed by atoms with Crippen molar-refractivity contribution >= 4 is 281 Å². The summed E-state index contributed by atoms with van der Waals surface area (Å²) >= 11 is 16.5. The fraction of sp³-hybridized carbons (Fsp3) is 0.529. The Hall–Kier alpha value is -1.48. The summed E-state index contributed by atoms with van der Waals surface area (Å²) in [6.07, 6.45) is -0.441. The summed E-state index contributed by atoms with van der Waals surface area (Å²) < 4.78 is 182. The summed E-state index contributed by atoms with van der Waals surface area (Å²) in [5.41, 5.74) is 11.4. The van der Waals surface area contributed by atoms with E-state index in [4.69, 9.17) is 91.7 Å². The maximum atomic E-state index is 13.7. The van der Waals surface area contributed by atoms with Gasteiger partial charge in [-0.25, -0.2) is 93.8 Å². The Morgan fingerprint density at radius 1 is 0.555 bits per heavy atom. The molecule has 810 valence electrons. The quantitative estimate of drug-likeness (QED) is 0.0222. The van der Waals surface area contributed by atoms with Crippen LogP contribution in [0.15, 0.2) is 70.9 Å². The maximum Gasteiger partial charge on any atom is 0.475 e. The minimum absolute atomic E-state index is 0. The number of hydrogen-bond donors (Lipinski definition) is 12. The third-order valence-electron chi connectivity index (χ3n) is 21.2. The molecule has 0 spiro atoms. The topological polar surface area (TPSA) is 778 Å². The van der Waals surface area contributed by atoms with E-state index in [2.05, 4.69) is 216 Å². The molecule has 6 bridgehead atoms. The number of rotatable bonds is 12. The molecule has 6 aliphatic heterocycles. The number of carbonyl (C=O) groups excluding carboxylic acids is 1. The molecule has 60 nitrogen and oxygen atoms in total. The number of H-pyrrole nitrogens is 3. The van der Waals surface area contributed by atoms with E-state index in [0.717, 1.165) is 10.9 Å². The first kappa shape index (κ1) is 120. The van der Waals surface area contributed by atoms with Gasteiger partial charge in [0.05, 0.1) is 89.4 Å². The maximum absolute atomic E-state index is 13.7. The van der Waals surface area contributed by atoms with Gasteiger partial charge in [-0.05, 0) is 19.3 Å². The number of phosphoric acid groups is 6. The second-order valence-corrected chi connectivity index (χ2v) is 241. The van der Waals surface area contributed by atoms with Gasteiger partial charge in [0.15, 0.2) is 69.1 Å². The summed E-state index contributed by atoms with van der Waals surface area (Å²) in [5.74, 6) is -2.27. The molecule has 12 aromatic heterocycles. The van der Waals surface area contributed by atoms with E-state index in [0.29, 0.717) is 50.7 Å². The van der Waals surface area contributed by atoms with E-state index in [1.54, 1.807) is 41.4 Å². The van der Waals surface area contributed by atoms with Crippen LogP contribution in [0.1, 0.15) is 90.5 Å². The molecule has 0 aromatic carbocycles. The number of imidazole rings is 6. The molecule has 18 rings (SSSR count). The van der Waals surface area contributed by atoms with E-state index in [1.807, 2.05) is 0 Å². The summed E-state index contributed by atoms with van der Waals surface area (Å²) in [6.45, 7) is 10.5. The number of fused-ring (bicyclic) bond motifs is 18. The number of aliphatic hydroxyl groups excluding tert-OH is 1. The van der Waals surface area contributed by atoms with Crippen LogP contribution < -0.4 is 69.1 Å². The zero-order valence-corrected chi connectivity index (χ0v) is 106. The van der Waals surface area contributed by atoms with Gasteiger partial charge in [-0.2, -0.15) is 15.0 Å². The predicted molar refractivity (Wildman–Crippen MR) is 596 cm³/mol. The molecule has 3 saturated heterocycles. The molecular formula is C68H90I12N28O32P6-2. The van der Waals surface area contributed by atoms with Gasteiger partial charge in [0.1, 0.15) is 110 Å². The van der Waals surface area contributed by atoms with Crippen molar-refractivity contribution in [1.82, 2.24) is 117 Å². The Morgan fingerprint density at radius 2 is 0.938 bits per heavy atom. The first-order valence-electron chi connectivity index (χ1n) is 42.0. The molecule has 18 atom stereocenters. The standard InChI is InChI=1S/C27H34N10O11P2.C20H25N9O10P2.C19H23N9O11P2.CH3I6.CH4.HI6/c1-15(2)24(38)34-27-33-23-20(25(39)35-27)31-14-37(23)26-21-16(3)18(47-26)11-46-50(42,44-9-6-28-4)43-8-5-7-36-19(12-45-49(40,41)48-21)32-17-10-29-13-30-22(17)36;1-10-12-6-36-40(31,32)35-4-2-3-28-13(25-11-5-22-8-23-16(11)28)7-37-41(33,34)39-15(10)19(38-12)29-9-24-14-17(29)26-20(21)27-18(14)30;20-19-25-16-12(17(30)26-19)23-8-28(16)18-14-13(29)10(38-18)5-36-40(31,32)35-3-1-2-27-11(6-37-41(33,34)39-14)24-9-4-21-7-22-15(9)27;1-5-7(4)6(2)3;;1-5(2)6(3)4/h10,13-16,18,21,26H,5-9,11-12H2,1-3H3,(H,40,41)(H2,33,34,35,38,39);5,8-10,12,15,19H,2-4,6-7H2,1H3,(H,31,32)(H,33,34)(H3,21,26,27,30);4,7-8,10,13-14,18,29H,1-3,5-6H2,(H,31,32)(H,33,34)(H3,20,25,26,30);1H3;1H4;1H/q;;;-1;;-1/t16-,18-,21-,26-,50?;10-,12-,15-,19-;10-,13-,14-,18-;;;/m111.../s1/i;;;;;1D. The van der Waals surface area contributed by atoms with Gasteiger partial charge in [-0.3, -0.25) is 112 Å².